The van der Waals surface area contributed by atoms with Gasteiger partial charge in [-0.2, -0.15) is 0 Å². The molecule has 1 aliphatic carbocycles. The van der Waals surface area contributed by atoms with E-state index < -0.39 is 23.9 Å². The van der Waals surface area contributed by atoms with Crippen LogP contribution in [-0.2, 0) is 19.1 Å². The van der Waals surface area contributed by atoms with Gasteiger partial charge in [0.25, 0.3) is 0 Å². The van der Waals surface area contributed by atoms with E-state index in [2.05, 4.69) is 15.9 Å². The Morgan fingerprint density at radius 1 is 1.06 bits per heavy atom. The molecule has 0 bridgehead atoms. The lowest BCUT2D eigenvalue weighted by atomic mass is 9.83. The third-order valence-electron chi connectivity index (χ3n) is 6.74. The van der Waals surface area contributed by atoms with E-state index in [1.807, 2.05) is 38.1 Å². The molecule has 3 unspecified atom stereocenters. The number of rotatable bonds is 8. The topological polar surface area (TPSA) is 79.4 Å². The first-order valence-electron chi connectivity index (χ1n) is 12.3. The van der Waals surface area contributed by atoms with Crippen molar-refractivity contribution in [2.24, 2.45) is 11.8 Å². The standard InChI is InChI=1S/C26H35N3O5/c1-18(2)33-22-10-5-4-9-21(22)28-16-14-27(15-17-28)12-7-13-29-25(31)20-8-6-11-23(34-19(3)30)24(20)26(29)32/h4-6,9-11,18,20,23-24H,7-8,12-17H2,1-3H3. The second-order valence-electron chi connectivity index (χ2n) is 9.51. The number of nitrogens with zero attached hydrogens (tertiary/aromatic N) is 3. The SMILES string of the molecule is CC(=O)OC1C=CCC2C(=O)N(CCCN3CCN(c4ccccc4OC(C)C)CC3)C(=O)C12. The van der Waals surface area contributed by atoms with Crippen LogP contribution in [-0.4, -0.2) is 79.1 Å². The van der Waals surface area contributed by atoms with Crippen molar-refractivity contribution in [3.8, 4) is 5.75 Å². The van der Waals surface area contributed by atoms with E-state index in [9.17, 15) is 14.4 Å². The normalized spacial score (nSPS) is 25.1. The quantitative estimate of drug-likeness (QED) is 0.329. The maximum atomic E-state index is 13.0. The van der Waals surface area contributed by atoms with Crippen LogP contribution in [0.5, 0.6) is 5.75 Å². The second kappa shape index (κ2) is 10.6. The third kappa shape index (κ3) is 5.27. The van der Waals surface area contributed by atoms with Gasteiger partial charge in [0.15, 0.2) is 0 Å². The number of ether oxygens (including phenoxy) is 2. The van der Waals surface area contributed by atoms with E-state index in [0.29, 0.717) is 13.0 Å². The summed E-state index contributed by atoms with van der Waals surface area (Å²) in [6.07, 6.45) is 4.31. The lowest BCUT2D eigenvalue weighted by molar-refractivity contribution is -0.149. The number of piperazine rings is 1. The summed E-state index contributed by atoms with van der Waals surface area (Å²) in [5.41, 5.74) is 1.13. The number of para-hydroxylation sites is 2. The highest BCUT2D eigenvalue weighted by molar-refractivity contribution is 6.05. The van der Waals surface area contributed by atoms with Gasteiger partial charge in [-0.05, 0) is 51.4 Å². The number of hydrogen-bond acceptors (Lipinski definition) is 7. The van der Waals surface area contributed by atoms with Crippen LogP contribution >= 0.6 is 0 Å². The molecule has 2 saturated heterocycles. The Morgan fingerprint density at radius 3 is 2.50 bits per heavy atom. The number of benzene rings is 1. The summed E-state index contributed by atoms with van der Waals surface area (Å²) in [5.74, 6) is -0.872. The third-order valence-corrected chi connectivity index (χ3v) is 6.74. The van der Waals surface area contributed by atoms with Crippen molar-refractivity contribution in [1.29, 1.82) is 0 Å². The number of amides is 2. The first kappa shape index (κ1) is 24.3. The molecule has 0 radical (unpaired) electrons. The van der Waals surface area contributed by atoms with Gasteiger partial charge in [-0.25, -0.2) is 0 Å². The molecule has 1 aromatic rings. The zero-order valence-corrected chi connectivity index (χ0v) is 20.3. The van der Waals surface area contributed by atoms with Gasteiger partial charge in [0.1, 0.15) is 11.9 Å². The molecule has 3 atom stereocenters. The molecule has 8 heteroatoms. The molecule has 2 fully saturated rings. The molecule has 0 saturated carbocycles. The van der Waals surface area contributed by atoms with Crippen molar-refractivity contribution in [3.05, 3.63) is 36.4 Å². The Bertz CT molecular complexity index is 938. The molecule has 3 aliphatic rings. The minimum absolute atomic E-state index is 0.127. The summed E-state index contributed by atoms with van der Waals surface area (Å²) in [6.45, 7) is 10.3. The predicted octanol–water partition coefficient (Wildman–Crippen LogP) is 2.48. The largest absolute Gasteiger partial charge is 0.489 e. The monoisotopic (exact) mass is 469 g/mol. The highest BCUT2D eigenvalue weighted by Gasteiger charge is 2.52. The zero-order chi connectivity index (χ0) is 24.2. The van der Waals surface area contributed by atoms with Crippen molar-refractivity contribution in [1.82, 2.24) is 9.80 Å². The number of fused-ring (bicyclic) bond motifs is 1. The predicted molar refractivity (Wildman–Crippen MR) is 128 cm³/mol. The molecule has 2 heterocycles. The van der Waals surface area contributed by atoms with Crippen LogP contribution in [0.25, 0.3) is 0 Å². The molecule has 2 amide bonds. The molecule has 4 rings (SSSR count). The number of carbonyl (C=O) groups excluding carboxylic acids is 3. The molecular formula is C26H35N3O5. The Labute approximate surface area is 201 Å². The van der Waals surface area contributed by atoms with Crippen LogP contribution in [0.3, 0.4) is 0 Å². The lowest BCUT2D eigenvalue weighted by Crippen LogP contribution is -2.47. The van der Waals surface area contributed by atoms with Gasteiger partial charge < -0.3 is 14.4 Å². The van der Waals surface area contributed by atoms with Gasteiger partial charge in [0, 0.05) is 39.6 Å². The molecule has 184 valence electrons. The van der Waals surface area contributed by atoms with Crippen molar-refractivity contribution < 1.29 is 23.9 Å². The number of imide groups is 1. The van der Waals surface area contributed by atoms with E-state index >= 15 is 0 Å². The van der Waals surface area contributed by atoms with Gasteiger partial charge in [-0.3, -0.25) is 24.2 Å². The van der Waals surface area contributed by atoms with Crippen molar-refractivity contribution >= 4 is 23.5 Å². The summed E-state index contributed by atoms with van der Waals surface area (Å²) in [6, 6.07) is 8.16. The minimum atomic E-state index is -0.645. The lowest BCUT2D eigenvalue weighted by Gasteiger charge is -2.37. The molecule has 34 heavy (non-hydrogen) atoms. The van der Waals surface area contributed by atoms with E-state index in [1.165, 1.54) is 11.8 Å². The summed E-state index contributed by atoms with van der Waals surface area (Å²) >= 11 is 0. The van der Waals surface area contributed by atoms with Gasteiger partial charge in [0.05, 0.1) is 23.6 Å². The Kier molecular flexibility index (Phi) is 7.56. The van der Waals surface area contributed by atoms with E-state index in [4.69, 9.17) is 9.47 Å². The fraction of sp³-hybridized carbons (Fsp3) is 0.577. The molecule has 1 aromatic carbocycles. The number of allylic oxidation sites excluding steroid dienone is 1. The van der Waals surface area contributed by atoms with Crippen LogP contribution in [0.1, 0.15) is 33.6 Å². The van der Waals surface area contributed by atoms with Crippen LogP contribution < -0.4 is 9.64 Å². The fourth-order valence-corrected chi connectivity index (χ4v) is 5.17. The Balaban J connectivity index is 1.27. The van der Waals surface area contributed by atoms with E-state index in [1.54, 1.807) is 6.08 Å². The molecule has 0 aromatic heterocycles. The second-order valence-corrected chi connectivity index (χ2v) is 9.51. The van der Waals surface area contributed by atoms with Crippen LogP contribution in [0.4, 0.5) is 5.69 Å². The molecular weight excluding hydrogens is 434 g/mol. The van der Waals surface area contributed by atoms with Crippen LogP contribution in [0.2, 0.25) is 0 Å². The van der Waals surface area contributed by atoms with Crippen LogP contribution in [0.15, 0.2) is 36.4 Å². The van der Waals surface area contributed by atoms with E-state index in [0.717, 1.165) is 50.6 Å². The molecule has 2 aliphatic heterocycles. The minimum Gasteiger partial charge on any atom is -0.489 e. The van der Waals surface area contributed by atoms with Crippen molar-refractivity contribution in [3.63, 3.8) is 0 Å². The summed E-state index contributed by atoms with van der Waals surface area (Å²) in [5, 5.41) is 0. The fourth-order valence-electron chi connectivity index (χ4n) is 5.17. The van der Waals surface area contributed by atoms with Crippen LogP contribution in [0, 0.1) is 11.8 Å². The van der Waals surface area contributed by atoms with Crippen molar-refractivity contribution in [2.45, 2.75) is 45.8 Å². The number of carbonyl (C=O) groups is 3. The number of anilines is 1. The van der Waals surface area contributed by atoms with Gasteiger partial charge >= 0.3 is 5.97 Å². The van der Waals surface area contributed by atoms with Gasteiger partial charge in [-0.1, -0.05) is 18.2 Å². The van der Waals surface area contributed by atoms with Gasteiger partial charge in [-0.15, -0.1) is 0 Å². The zero-order valence-electron chi connectivity index (χ0n) is 20.3. The average Bonchev–Trinajstić information content (AvgIpc) is 3.05. The molecule has 8 nitrogen and oxygen atoms in total. The average molecular weight is 470 g/mol. The first-order valence-corrected chi connectivity index (χ1v) is 12.3. The van der Waals surface area contributed by atoms with Crippen molar-refractivity contribution in [2.75, 3.05) is 44.2 Å². The number of likely N-dealkylation sites (tertiary alicyclic amines) is 1. The van der Waals surface area contributed by atoms with Gasteiger partial charge in [0.2, 0.25) is 11.8 Å². The maximum Gasteiger partial charge on any atom is 0.303 e. The van der Waals surface area contributed by atoms with E-state index in [-0.39, 0.29) is 17.9 Å². The highest BCUT2D eigenvalue weighted by atomic mass is 16.5. The highest BCUT2D eigenvalue weighted by Crippen LogP contribution is 2.37. The number of esters is 1. The number of hydrogen-bond donors (Lipinski definition) is 0. The summed E-state index contributed by atoms with van der Waals surface area (Å²) < 4.78 is 11.3. The maximum absolute atomic E-state index is 13.0. The molecule has 0 N–H and O–H groups in total. The Hall–Kier alpha value is -2.87. The summed E-state index contributed by atoms with van der Waals surface area (Å²) in [7, 11) is 0. The molecule has 0 spiro atoms. The first-order chi connectivity index (χ1) is 16.3. The smallest absolute Gasteiger partial charge is 0.303 e. The summed E-state index contributed by atoms with van der Waals surface area (Å²) in [4.78, 5) is 43.4. The Morgan fingerprint density at radius 2 is 1.79 bits per heavy atom.